The van der Waals surface area contributed by atoms with Gasteiger partial charge in [-0.15, -0.1) is 0 Å². The zero-order valence-corrected chi connectivity index (χ0v) is 7.99. The molecule has 74 valence electrons. The molecule has 4 nitrogen and oxygen atoms in total. The first-order valence-electron chi connectivity index (χ1n) is 4.62. The Bertz CT molecular complexity index is 227. The van der Waals surface area contributed by atoms with E-state index < -0.39 is 12.0 Å². The monoisotopic (exact) mass is 185 g/mol. The Morgan fingerprint density at radius 1 is 1.77 bits per heavy atom. The van der Waals surface area contributed by atoms with E-state index in [1.807, 2.05) is 6.92 Å². The second-order valence-electron chi connectivity index (χ2n) is 3.45. The largest absolute Gasteiger partial charge is 0.480 e. The number of hydrogen-bond acceptors (Lipinski definition) is 2. The lowest BCUT2D eigenvalue weighted by atomic mass is 10.1. The molecule has 0 aliphatic carbocycles. The molecule has 2 unspecified atom stereocenters. The van der Waals surface area contributed by atoms with Gasteiger partial charge >= 0.3 is 5.97 Å². The van der Waals surface area contributed by atoms with Crippen LogP contribution in [0.2, 0.25) is 0 Å². The molecule has 0 saturated carbocycles. The van der Waals surface area contributed by atoms with Crippen LogP contribution in [0.25, 0.3) is 0 Å². The van der Waals surface area contributed by atoms with E-state index in [2.05, 4.69) is 0 Å². The van der Waals surface area contributed by atoms with E-state index in [-0.39, 0.29) is 11.9 Å². The number of amides is 1. The quantitative estimate of drug-likeness (QED) is 0.709. The number of rotatable bonds is 3. The van der Waals surface area contributed by atoms with Crippen LogP contribution in [0.1, 0.15) is 33.1 Å². The molecule has 0 aromatic carbocycles. The summed E-state index contributed by atoms with van der Waals surface area (Å²) in [5.41, 5.74) is 0. The Morgan fingerprint density at radius 2 is 2.38 bits per heavy atom. The van der Waals surface area contributed by atoms with Crippen LogP contribution < -0.4 is 0 Å². The van der Waals surface area contributed by atoms with Gasteiger partial charge in [-0.25, -0.2) is 4.79 Å². The van der Waals surface area contributed by atoms with Gasteiger partial charge in [-0.3, -0.25) is 4.79 Å². The predicted molar refractivity (Wildman–Crippen MR) is 47.3 cm³/mol. The Hall–Kier alpha value is -1.06. The average Bonchev–Trinajstić information content (AvgIpc) is 2.36. The van der Waals surface area contributed by atoms with Crippen LogP contribution in [0, 0.1) is 0 Å². The summed E-state index contributed by atoms with van der Waals surface area (Å²) in [7, 11) is 0. The van der Waals surface area contributed by atoms with E-state index in [1.165, 1.54) is 4.90 Å². The van der Waals surface area contributed by atoms with Gasteiger partial charge in [-0.05, 0) is 19.8 Å². The smallest absolute Gasteiger partial charge is 0.326 e. The maximum absolute atomic E-state index is 11.4. The number of likely N-dealkylation sites (tertiary alicyclic amines) is 1. The first-order chi connectivity index (χ1) is 6.07. The molecule has 2 atom stereocenters. The summed E-state index contributed by atoms with van der Waals surface area (Å²) in [6.07, 6.45) is 1.75. The molecule has 1 amide bonds. The predicted octanol–water partition coefficient (Wildman–Crippen LogP) is 0.861. The van der Waals surface area contributed by atoms with Crippen molar-refractivity contribution in [3.05, 3.63) is 0 Å². The highest BCUT2D eigenvalue weighted by molar-refractivity contribution is 5.85. The highest BCUT2D eigenvalue weighted by Gasteiger charge is 2.35. The van der Waals surface area contributed by atoms with Gasteiger partial charge in [0.1, 0.15) is 6.04 Å². The SMILES string of the molecule is CCC(C(=O)O)N1C(=O)CCC1C. The lowest BCUT2D eigenvalue weighted by molar-refractivity contribution is -0.149. The lowest BCUT2D eigenvalue weighted by Crippen LogP contribution is -2.45. The van der Waals surface area contributed by atoms with Gasteiger partial charge in [-0.1, -0.05) is 6.92 Å². The topological polar surface area (TPSA) is 57.6 Å². The van der Waals surface area contributed by atoms with Crippen LogP contribution in [-0.4, -0.2) is 34.0 Å². The third kappa shape index (κ3) is 1.82. The summed E-state index contributed by atoms with van der Waals surface area (Å²) >= 11 is 0. The number of carbonyl (C=O) groups excluding carboxylic acids is 1. The molecule has 0 bridgehead atoms. The fourth-order valence-corrected chi connectivity index (χ4v) is 1.82. The number of carboxylic acid groups (broad SMARTS) is 1. The van der Waals surface area contributed by atoms with Crippen LogP contribution >= 0.6 is 0 Å². The Balaban J connectivity index is 2.77. The van der Waals surface area contributed by atoms with Gasteiger partial charge in [0.2, 0.25) is 5.91 Å². The van der Waals surface area contributed by atoms with Crippen molar-refractivity contribution < 1.29 is 14.7 Å². The van der Waals surface area contributed by atoms with E-state index in [4.69, 9.17) is 5.11 Å². The molecule has 0 aromatic heterocycles. The summed E-state index contributed by atoms with van der Waals surface area (Å²) in [6, 6.07) is -0.557. The molecular weight excluding hydrogens is 170 g/mol. The van der Waals surface area contributed by atoms with Crippen molar-refractivity contribution in [3.63, 3.8) is 0 Å². The fourth-order valence-electron chi connectivity index (χ4n) is 1.82. The highest BCUT2D eigenvalue weighted by Crippen LogP contribution is 2.22. The van der Waals surface area contributed by atoms with E-state index in [0.717, 1.165) is 6.42 Å². The number of nitrogens with zero attached hydrogens (tertiary/aromatic N) is 1. The van der Waals surface area contributed by atoms with Crippen molar-refractivity contribution in [1.82, 2.24) is 4.90 Å². The molecular formula is C9H15NO3. The summed E-state index contributed by atoms with van der Waals surface area (Å²) in [6.45, 7) is 3.69. The minimum absolute atomic E-state index is 0.0262. The van der Waals surface area contributed by atoms with Crippen LogP contribution in [0.4, 0.5) is 0 Å². The van der Waals surface area contributed by atoms with Crippen LogP contribution in [0.15, 0.2) is 0 Å². The van der Waals surface area contributed by atoms with Crippen molar-refractivity contribution in [1.29, 1.82) is 0 Å². The minimum atomic E-state index is -0.899. The second-order valence-corrected chi connectivity index (χ2v) is 3.45. The maximum Gasteiger partial charge on any atom is 0.326 e. The van der Waals surface area contributed by atoms with Gasteiger partial charge in [0.15, 0.2) is 0 Å². The molecule has 1 aliphatic heterocycles. The van der Waals surface area contributed by atoms with Crippen molar-refractivity contribution in [2.45, 2.75) is 45.2 Å². The van der Waals surface area contributed by atoms with E-state index >= 15 is 0 Å². The fraction of sp³-hybridized carbons (Fsp3) is 0.778. The van der Waals surface area contributed by atoms with Crippen LogP contribution in [0.3, 0.4) is 0 Å². The average molecular weight is 185 g/mol. The van der Waals surface area contributed by atoms with Crippen molar-refractivity contribution in [3.8, 4) is 0 Å². The van der Waals surface area contributed by atoms with Gasteiger partial charge in [0, 0.05) is 12.5 Å². The zero-order chi connectivity index (χ0) is 10.0. The van der Waals surface area contributed by atoms with E-state index in [0.29, 0.717) is 12.8 Å². The highest BCUT2D eigenvalue weighted by atomic mass is 16.4. The summed E-state index contributed by atoms with van der Waals surface area (Å²) in [5.74, 6) is -0.925. The number of aliphatic carboxylic acids is 1. The third-order valence-electron chi connectivity index (χ3n) is 2.55. The second kappa shape index (κ2) is 3.77. The van der Waals surface area contributed by atoms with Gasteiger partial charge in [0.05, 0.1) is 0 Å². The number of carbonyl (C=O) groups is 2. The zero-order valence-electron chi connectivity index (χ0n) is 7.99. The van der Waals surface area contributed by atoms with Crippen molar-refractivity contribution in [2.75, 3.05) is 0 Å². The molecule has 0 radical (unpaired) electrons. The van der Waals surface area contributed by atoms with Crippen LogP contribution in [-0.2, 0) is 9.59 Å². The first-order valence-corrected chi connectivity index (χ1v) is 4.62. The van der Waals surface area contributed by atoms with Crippen molar-refractivity contribution in [2.24, 2.45) is 0 Å². The third-order valence-corrected chi connectivity index (χ3v) is 2.55. The molecule has 1 N–H and O–H groups in total. The Labute approximate surface area is 77.5 Å². The minimum Gasteiger partial charge on any atom is -0.480 e. The summed E-state index contributed by atoms with van der Waals surface area (Å²) < 4.78 is 0. The molecule has 1 saturated heterocycles. The molecule has 0 aromatic rings. The summed E-state index contributed by atoms with van der Waals surface area (Å²) in [4.78, 5) is 23.7. The number of hydrogen-bond donors (Lipinski definition) is 1. The van der Waals surface area contributed by atoms with E-state index in [1.54, 1.807) is 6.92 Å². The Kier molecular flexibility index (Phi) is 2.90. The molecule has 1 aliphatic rings. The molecule has 1 heterocycles. The van der Waals surface area contributed by atoms with Crippen LogP contribution in [0.5, 0.6) is 0 Å². The molecule has 0 spiro atoms. The van der Waals surface area contributed by atoms with Gasteiger partial charge < -0.3 is 10.0 Å². The maximum atomic E-state index is 11.4. The van der Waals surface area contributed by atoms with Gasteiger partial charge in [-0.2, -0.15) is 0 Å². The normalized spacial score (nSPS) is 24.9. The van der Waals surface area contributed by atoms with Gasteiger partial charge in [0.25, 0.3) is 0 Å². The first kappa shape index (κ1) is 10.0. The van der Waals surface area contributed by atoms with E-state index in [9.17, 15) is 9.59 Å². The standard InChI is InChI=1S/C9H15NO3/c1-3-7(9(12)13)10-6(2)4-5-8(10)11/h6-7H,3-5H2,1-2H3,(H,12,13). The Morgan fingerprint density at radius 3 is 2.69 bits per heavy atom. The molecule has 4 heteroatoms. The van der Waals surface area contributed by atoms with Crippen molar-refractivity contribution >= 4 is 11.9 Å². The molecule has 1 rings (SSSR count). The summed E-state index contributed by atoms with van der Waals surface area (Å²) in [5, 5.41) is 8.88. The number of carboxylic acids is 1. The molecule has 1 fully saturated rings. The molecule has 13 heavy (non-hydrogen) atoms. The lowest BCUT2D eigenvalue weighted by Gasteiger charge is -2.27.